The van der Waals surface area contributed by atoms with E-state index < -0.39 is 22.9 Å². The molecule has 1 fully saturated rings. The van der Waals surface area contributed by atoms with Crippen molar-refractivity contribution in [2.75, 3.05) is 13.1 Å². The molecule has 0 unspecified atom stereocenters. The number of morpholine rings is 1. The maximum Gasteiger partial charge on any atom is 0.450 e. The number of aromatic hydroxyl groups is 1. The van der Waals surface area contributed by atoms with E-state index in [1.165, 1.54) is 36.4 Å². The number of hydrogen-bond acceptors (Lipinski definition) is 5. The average molecular weight is 468 g/mol. The maximum absolute atomic E-state index is 14.0. The summed E-state index contributed by atoms with van der Waals surface area (Å²) in [5, 5.41) is 10.7. The fraction of sp³-hybridized carbons (Fsp3) is 0.348. The molecule has 1 N–H and O–H groups in total. The molecule has 9 heteroatoms. The maximum atomic E-state index is 14.0. The highest BCUT2D eigenvalue weighted by Gasteiger charge is 2.40. The highest BCUT2D eigenvalue weighted by atomic mass is 35.5. The summed E-state index contributed by atoms with van der Waals surface area (Å²) in [6.07, 6.45) is -5.08. The lowest BCUT2D eigenvalue weighted by Gasteiger charge is -2.35. The predicted octanol–water partition coefficient (Wildman–Crippen LogP) is 5.45. The Labute approximate surface area is 187 Å². The monoisotopic (exact) mass is 467 g/mol. The number of ether oxygens (including phenoxy) is 1. The van der Waals surface area contributed by atoms with E-state index in [1.807, 2.05) is 18.7 Å². The molecule has 0 saturated carbocycles. The van der Waals surface area contributed by atoms with Gasteiger partial charge in [-0.05, 0) is 43.7 Å². The third-order valence-electron chi connectivity index (χ3n) is 5.41. The molecule has 0 bridgehead atoms. The van der Waals surface area contributed by atoms with Gasteiger partial charge < -0.3 is 14.3 Å². The normalized spacial score (nSPS) is 20.1. The number of nitrogens with zero attached hydrogens (tertiary/aromatic N) is 1. The van der Waals surface area contributed by atoms with Gasteiger partial charge in [0.25, 0.3) is 0 Å². The molecule has 32 heavy (non-hydrogen) atoms. The Morgan fingerprint density at radius 2 is 1.72 bits per heavy atom. The molecule has 5 nitrogen and oxygen atoms in total. The van der Waals surface area contributed by atoms with E-state index in [0.29, 0.717) is 18.1 Å². The van der Waals surface area contributed by atoms with E-state index in [1.54, 1.807) is 0 Å². The van der Waals surface area contributed by atoms with Gasteiger partial charge >= 0.3 is 6.18 Å². The third kappa shape index (κ3) is 4.35. The molecule has 4 rings (SSSR count). The first-order chi connectivity index (χ1) is 15.0. The highest BCUT2D eigenvalue weighted by molar-refractivity contribution is 6.30. The number of halogens is 4. The minimum absolute atomic E-state index is 0.0369. The van der Waals surface area contributed by atoms with Gasteiger partial charge in [0.05, 0.1) is 28.7 Å². The summed E-state index contributed by atoms with van der Waals surface area (Å²) in [5.74, 6) is -1.65. The molecule has 0 aliphatic carbocycles. The Kier molecular flexibility index (Phi) is 5.96. The van der Waals surface area contributed by atoms with Gasteiger partial charge in [-0.15, -0.1) is 0 Å². The van der Waals surface area contributed by atoms with Crippen molar-refractivity contribution in [3.05, 3.63) is 63.0 Å². The minimum Gasteiger partial charge on any atom is -0.507 e. The lowest BCUT2D eigenvalue weighted by atomic mass is 10.00. The molecule has 1 aliphatic rings. The summed E-state index contributed by atoms with van der Waals surface area (Å²) in [6, 6.07) is 8.08. The van der Waals surface area contributed by atoms with Gasteiger partial charge in [-0.1, -0.05) is 23.7 Å². The van der Waals surface area contributed by atoms with Crippen LogP contribution in [0.2, 0.25) is 5.02 Å². The molecule has 0 spiro atoms. The van der Waals surface area contributed by atoms with Gasteiger partial charge in [-0.3, -0.25) is 9.69 Å². The largest absolute Gasteiger partial charge is 0.507 e. The summed E-state index contributed by atoms with van der Waals surface area (Å²) >= 11 is 5.85. The highest BCUT2D eigenvalue weighted by Crippen LogP contribution is 2.39. The second-order valence-corrected chi connectivity index (χ2v) is 8.47. The van der Waals surface area contributed by atoms with Crippen molar-refractivity contribution in [2.24, 2.45) is 0 Å². The van der Waals surface area contributed by atoms with Crippen molar-refractivity contribution in [3.63, 3.8) is 0 Å². The van der Waals surface area contributed by atoms with Crippen LogP contribution < -0.4 is 5.43 Å². The number of hydrogen-bond donors (Lipinski definition) is 1. The summed E-state index contributed by atoms with van der Waals surface area (Å²) < 4.78 is 52.9. The van der Waals surface area contributed by atoms with Gasteiger partial charge in [0, 0.05) is 24.7 Å². The quantitative estimate of drug-likeness (QED) is 0.555. The minimum atomic E-state index is -4.92. The molecule has 0 radical (unpaired) electrons. The van der Waals surface area contributed by atoms with Crippen molar-refractivity contribution >= 4 is 22.6 Å². The van der Waals surface area contributed by atoms with Crippen LogP contribution in [0.4, 0.5) is 13.2 Å². The van der Waals surface area contributed by atoms with Crippen LogP contribution in [-0.4, -0.2) is 35.3 Å². The van der Waals surface area contributed by atoms with Gasteiger partial charge in [0.15, 0.2) is 0 Å². The lowest BCUT2D eigenvalue weighted by Crippen LogP contribution is -2.44. The first-order valence-corrected chi connectivity index (χ1v) is 10.4. The second-order valence-electron chi connectivity index (χ2n) is 8.03. The number of fused-ring (bicyclic) bond motifs is 1. The predicted molar refractivity (Wildman–Crippen MR) is 115 cm³/mol. The first kappa shape index (κ1) is 22.6. The molecule has 1 aliphatic heterocycles. The average Bonchev–Trinajstić information content (AvgIpc) is 2.69. The van der Waals surface area contributed by atoms with E-state index in [0.717, 1.165) is 0 Å². The molecule has 1 saturated heterocycles. The first-order valence-electron chi connectivity index (χ1n) is 10.1. The zero-order valence-electron chi connectivity index (χ0n) is 17.4. The number of alkyl halides is 3. The Bertz CT molecular complexity index is 1200. The Balaban J connectivity index is 1.92. The summed E-state index contributed by atoms with van der Waals surface area (Å²) in [6.45, 7) is 4.96. The molecule has 2 aromatic carbocycles. The van der Waals surface area contributed by atoms with Crippen LogP contribution in [0.3, 0.4) is 0 Å². The van der Waals surface area contributed by atoms with Crippen LogP contribution >= 0.6 is 11.6 Å². The molecule has 170 valence electrons. The Morgan fingerprint density at radius 3 is 2.31 bits per heavy atom. The van der Waals surface area contributed by atoms with E-state index in [-0.39, 0.29) is 46.6 Å². The van der Waals surface area contributed by atoms with E-state index in [9.17, 15) is 23.1 Å². The molecule has 2 atom stereocenters. The van der Waals surface area contributed by atoms with Crippen LogP contribution in [0.1, 0.15) is 25.2 Å². The fourth-order valence-corrected chi connectivity index (χ4v) is 4.30. The van der Waals surface area contributed by atoms with Crippen molar-refractivity contribution in [1.82, 2.24) is 4.90 Å². The van der Waals surface area contributed by atoms with E-state index >= 15 is 0 Å². The fourth-order valence-electron chi connectivity index (χ4n) is 4.17. The van der Waals surface area contributed by atoms with Crippen LogP contribution in [0.15, 0.2) is 45.6 Å². The van der Waals surface area contributed by atoms with Crippen molar-refractivity contribution in [1.29, 1.82) is 0 Å². The van der Waals surface area contributed by atoms with Gasteiger partial charge in [0.1, 0.15) is 11.3 Å². The third-order valence-corrected chi connectivity index (χ3v) is 5.66. The van der Waals surface area contributed by atoms with Crippen LogP contribution in [-0.2, 0) is 17.5 Å². The standard InChI is InChI=1S/C23H21ClF3NO4/c1-12-9-28(10-13(2)31-12)11-17-18(29)8-7-16-20(30)19(14-3-5-15(24)6-4-14)22(23(25,26)27)32-21(16)17/h3-8,12-13,29H,9-11H2,1-2H3/t12-,13-/m0/s1. The summed E-state index contributed by atoms with van der Waals surface area (Å²) in [4.78, 5) is 15.2. The zero-order chi connectivity index (χ0) is 23.2. The second kappa shape index (κ2) is 8.42. The SMILES string of the molecule is C[C@H]1CN(Cc2c(O)ccc3c(=O)c(-c4ccc(Cl)cc4)c(C(F)(F)F)oc23)C[C@H](C)O1. The zero-order valence-corrected chi connectivity index (χ0v) is 18.1. The van der Waals surface area contributed by atoms with Crippen LogP contribution in [0.5, 0.6) is 5.75 Å². The molecular formula is C23H21ClF3NO4. The number of phenolic OH excluding ortho intramolecular Hbond substituents is 1. The number of rotatable bonds is 3. The molecular weight excluding hydrogens is 447 g/mol. The lowest BCUT2D eigenvalue weighted by molar-refractivity contribution is -0.152. The van der Waals surface area contributed by atoms with E-state index in [2.05, 4.69) is 0 Å². The number of benzene rings is 2. The van der Waals surface area contributed by atoms with Crippen molar-refractivity contribution in [2.45, 2.75) is 38.8 Å². The molecule has 1 aromatic heterocycles. The molecule has 3 aromatic rings. The smallest absolute Gasteiger partial charge is 0.450 e. The van der Waals surface area contributed by atoms with Gasteiger partial charge in [-0.25, -0.2) is 0 Å². The van der Waals surface area contributed by atoms with Crippen LogP contribution in [0, 0.1) is 0 Å². The summed E-state index contributed by atoms with van der Waals surface area (Å²) in [5.41, 5.74) is -1.51. The van der Waals surface area contributed by atoms with Crippen LogP contribution in [0.25, 0.3) is 22.1 Å². The Hall–Kier alpha value is -2.55. The van der Waals surface area contributed by atoms with E-state index in [4.69, 9.17) is 20.8 Å². The van der Waals surface area contributed by atoms with Gasteiger partial charge in [0.2, 0.25) is 11.2 Å². The van der Waals surface area contributed by atoms with Gasteiger partial charge in [-0.2, -0.15) is 13.2 Å². The van der Waals surface area contributed by atoms with Crippen molar-refractivity contribution in [3.8, 4) is 16.9 Å². The van der Waals surface area contributed by atoms with Crippen molar-refractivity contribution < 1.29 is 27.4 Å². The molecule has 2 heterocycles. The number of phenols is 1. The summed E-state index contributed by atoms with van der Waals surface area (Å²) in [7, 11) is 0. The molecule has 0 amide bonds. The Morgan fingerprint density at radius 1 is 1.09 bits per heavy atom. The topological polar surface area (TPSA) is 62.9 Å².